The molecule has 0 heterocycles. The molecule has 0 aliphatic carbocycles. The maximum Gasteiger partial charge on any atom is 0.306 e. The highest BCUT2D eigenvalue weighted by Crippen LogP contribution is 2.17. The van der Waals surface area contributed by atoms with Crippen LogP contribution < -0.4 is 0 Å². The Morgan fingerprint density at radius 1 is 0.288 bits per heavy atom. The second-order valence-electron chi connectivity index (χ2n) is 21.3. The predicted octanol–water partition coefficient (Wildman–Crippen LogP) is 21.6. The number of hydrogen-bond acceptors (Lipinski definition) is 6. The van der Waals surface area contributed by atoms with Gasteiger partial charge in [0.15, 0.2) is 6.10 Å². The highest BCUT2D eigenvalue weighted by molar-refractivity contribution is 5.71. The van der Waals surface area contributed by atoms with E-state index in [1.165, 1.54) is 199 Å². The van der Waals surface area contributed by atoms with Gasteiger partial charge in [-0.05, 0) is 83.5 Å². The summed E-state index contributed by atoms with van der Waals surface area (Å²) in [5.74, 6) is -0.864. The van der Waals surface area contributed by atoms with Crippen molar-refractivity contribution < 1.29 is 28.6 Å². The van der Waals surface area contributed by atoms with Gasteiger partial charge in [-0.3, -0.25) is 14.4 Å². The fraction of sp³-hybridized carbons (Fsp3) is 0.806. The Bertz CT molecular complexity index is 1310. The standard InChI is InChI=1S/C67H120O6/c1-4-7-10-13-16-19-22-25-28-29-30-31-32-33-34-35-36-37-38-39-40-43-45-48-51-54-57-60-66(69)72-63-64(73-67(70)61-58-55-52-49-46-42-27-24-21-18-15-12-9-6-3)62-71-65(68)59-56-53-50-47-44-41-26-23-20-17-14-11-8-5-2/h7,10,16,19,24-25,27-28,30-31,64H,4-6,8-9,11-15,17-18,20-23,26,29,32-63H2,1-3H3/b10-7-,19-16-,27-24-,28-25-,31-30-. The van der Waals surface area contributed by atoms with Gasteiger partial charge in [0.1, 0.15) is 13.2 Å². The molecule has 0 amide bonds. The van der Waals surface area contributed by atoms with E-state index in [-0.39, 0.29) is 31.1 Å². The molecular weight excluding hydrogens is 901 g/mol. The van der Waals surface area contributed by atoms with E-state index in [4.69, 9.17) is 14.2 Å². The summed E-state index contributed by atoms with van der Waals surface area (Å²) in [7, 11) is 0. The van der Waals surface area contributed by atoms with E-state index in [9.17, 15) is 14.4 Å². The molecule has 0 rings (SSSR count). The Kier molecular flexibility index (Phi) is 59.2. The molecule has 0 spiro atoms. The van der Waals surface area contributed by atoms with Gasteiger partial charge in [0.2, 0.25) is 0 Å². The Labute approximate surface area is 453 Å². The van der Waals surface area contributed by atoms with E-state index in [1.807, 2.05) is 0 Å². The average Bonchev–Trinajstić information content (AvgIpc) is 3.39. The van der Waals surface area contributed by atoms with Crippen molar-refractivity contribution in [2.45, 2.75) is 335 Å². The van der Waals surface area contributed by atoms with Crippen LogP contribution in [0.4, 0.5) is 0 Å². The van der Waals surface area contributed by atoms with Gasteiger partial charge in [0, 0.05) is 19.3 Å². The molecule has 6 heteroatoms. The topological polar surface area (TPSA) is 78.9 Å². The third-order valence-corrected chi connectivity index (χ3v) is 14.0. The molecule has 0 radical (unpaired) electrons. The van der Waals surface area contributed by atoms with E-state index < -0.39 is 6.10 Å². The SMILES string of the molecule is CC/C=C\C/C=C\C/C=C\C/C=C\CCCCCCCCCCCCCCCCC(=O)OCC(COC(=O)CCCCCCCCCCCCCCCC)OC(=O)CCCCCCC/C=C\CCCCCCC. The normalized spacial score (nSPS) is 12.4. The summed E-state index contributed by atoms with van der Waals surface area (Å²) in [5.41, 5.74) is 0. The maximum atomic E-state index is 12.9. The first-order valence-electron chi connectivity index (χ1n) is 31.8. The second-order valence-corrected chi connectivity index (χ2v) is 21.3. The molecule has 0 N–H and O–H groups in total. The zero-order valence-corrected chi connectivity index (χ0v) is 48.7. The van der Waals surface area contributed by atoms with Crippen molar-refractivity contribution in [1.82, 2.24) is 0 Å². The molecule has 73 heavy (non-hydrogen) atoms. The van der Waals surface area contributed by atoms with Crippen LogP contribution in [0, 0.1) is 0 Å². The molecule has 424 valence electrons. The molecule has 0 aliphatic rings. The Morgan fingerprint density at radius 3 is 0.849 bits per heavy atom. The van der Waals surface area contributed by atoms with Gasteiger partial charge in [-0.15, -0.1) is 0 Å². The van der Waals surface area contributed by atoms with Crippen molar-refractivity contribution in [3.8, 4) is 0 Å². The van der Waals surface area contributed by atoms with E-state index in [0.717, 1.165) is 89.9 Å². The zero-order valence-electron chi connectivity index (χ0n) is 48.7. The van der Waals surface area contributed by atoms with E-state index in [2.05, 4.69) is 81.5 Å². The van der Waals surface area contributed by atoms with Crippen LogP contribution >= 0.6 is 0 Å². The minimum absolute atomic E-state index is 0.0729. The van der Waals surface area contributed by atoms with Crippen molar-refractivity contribution in [2.75, 3.05) is 13.2 Å². The van der Waals surface area contributed by atoms with Gasteiger partial charge >= 0.3 is 17.9 Å². The fourth-order valence-corrected chi connectivity index (χ4v) is 9.25. The summed E-state index contributed by atoms with van der Waals surface area (Å²) in [6, 6.07) is 0. The largest absolute Gasteiger partial charge is 0.462 e. The first-order chi connectivity index (χ1) is 36.0. The van der Waals surface area contributed by atoms with E-state index in [0.29, 0.717) is 19.3 Å². The molecule has 0 aromatic carbocycles. The molecule has 0 aromatic heterocycles. The van der Waals surface area contributed by atoms with E-state index in [1.54, 1.807) is 0 Å². The number of unbranched alkanes of at least 4 members (excludes halogenated alkanes) is 37. The minimum Gasteiger partial charge on any atom is -0.462 e. The third kappa shape index (κ3) is 59.9. The van der Waals surface area contributed by atoms with Gasteiger partial charge in [-0.2, -0.15) is 0 Å². The van der Waals surface area contributed by atoms with Crippen LogP contribution in [0.3, 0.4) is 0 Å². The summed E-state index contributed by atoms with van der Waals surface area (Å²) in [6.07, 6.45) is 78.0. The molecule has 0 bridgehead atoms. The smallest absolute Gasteiger partial charge is 0.306 e. The van der Waals surface area contributed by atoms with Crippen molar-refractivity contribution >= 4 is 17.9 Å². The van der Waals surface area contributed by atoms with Crippen molar-refractivity contribution in [3.63, 3.8) is 0 Å². The monoisotopic (exact) mass is 1020 g/mol. The summed E-state index contributed by atoms with van der Waals surface area (Å²) in [5, 5.41) is 0. The van der Waals surface area contributed by atoms with Crippen molar-refractivity contribution in [3.05, 3.63) is 60.8 Å². The number of carbonyl (C=O) groups is 3. The summed E-state index contributed by atoms with van der Waals surface area (Å²) in [6.45, 7) is 6.55. The Morgan fingerprint density at radius 2 is 0.534 bits per heavy atom. The van der Waals surface area contributed by atoms with Gasteiger partial charge in [-0.1, -0.05) is 287 Å². The van der Waals surface area contributed by atoms with Crippen LogP contribution in [-0.2, 0) is 28.6 Å². The van der Waals surface area contributed by atoms with Gasteiger partial charge in [-0.25, -0.2) is 0 Å². The number of carbonyl (C=O) groups excluding carboxylic acids is 3. The zero-order chi connectivity index (χ0) is 52.9. The first kappa shape index (κ1) is 70.1. The number of esters is 3. The van der Waals surface area contributed by atoms with Crippen LogP contribution in [-0.4, -0.2) is 37.2 Å². The van der Waals surface area contributed by atoms with Gasteiger partial charge in [0.25, 0.3) is 0 Å². The molecule has 0 saturated carbocycles. The minimum atomic E-state index is -0.776. The highest BCUT2D eigenvalue weighted by atomic mass is 16.6. The number of rotatable bonds is 58. The lowest BCUT2D eigenvalue weighted by Crippen LogP contribution is -2.30. The molecular formula is C67H120O6. The summed E-state index contributed by atoms with van der Waals surface area (Å²) >= 11 is 0. The van der Waals surface area contributed by atoms with Crippen molar-refractivity contribution in [1.29, 1.82) is 0 Å². The quantitative estimate of drug-likeness (QED) is 0.0261. The molecule has 0 fully saturated rings. The first-order valence-corrected chi connectivity index (χ1v) is 31.8. The van der Waals surface area contributed by atoms with Gasteiger partial charge < -0.3 is 14.2 Å². The molecule has 1 unspecified atom stereocenters. The van der Waals surface area contributed by atoms with Crippen LogP contribution in [0.25, 0.3) is 0 Å². The maximum absolute atomic E-state index is 12.9. The Balaban J connectivity index is 4.22. The summed E-state index contributed by atoms with van der Waals surface area (Å²) in [4.78, 5) is 38.2. The van der Waals surface area contributed by atoms with Crippen LogP contribution in [0.1, 0.15) is 329 Å². The fourth-order valence-electron chi connectivity index (χ4n) is 9.25. The average molecular weight is 1020 g/mol. The van der Waals surface area contributed by atoms with Crippen LogP contribution in [0.5, 0.6) is 0 Å². The lowest BCUT2D eigenvalue weighted by atomic mass is 10.0. The molecule has 0 saturated heterocycles. The lowest BCUT2D eigenvalue weighted by molar-refractivity contribution is -0.167. The third-order valence-electron chi connectivity index (χ3n) is 14.0. The van der Waals surface area contributed by atoms with Crippen molar-refractivity contribution in [2.24, 2.45) is 0 Å². The molecule has 0 aliphatic heterocycles. The van der Waals surface area contributed by atoms with Gasteiger partial charge in [0.05, 0.1) is 0 Å². The second kappa shape index (κ2) is 61.7. The number of allylic oxidation sites excluding steroid dienone is 10. The molecule has 1 atom stereocenters. The van der Waals surface area contributed by atoms with E-state index >= 15 is 0 Å². The van der Waals surface area contributed by atoms with Crippen LogP contribution in [0.2, 0.25) is 0 Å². The molecule has 6 nitrogen and oxygen atoms in total. The highest BCUT2D eigenvalue weighted by Gasteiger charge is 2.19. The molecule has 0 aromatic rings. The van der Waals surface area contributed by atoms with Crippen LogP contribution in [0.15, 0.2) is 60.8 Å². The Hall–Kier alpha value is -2.89. The lowest BCUT2D eigenvalue weighted by Gasteiger charge is -2.18. The number of ether oxygens (including phenoxy) is 3. The number of hydrogen-bond donors (Lipinski definition) is 0. The predicted molar refractivity (Wildman–Crippen MR) is 316 cm³/mol. The summed E-state index contributed by atoms with van der Waals surface area (Å²) < 4.78 is 16.9.